The third kappa shape index (κ3) is 3.44. The summed E-state index contributed by atoms with van der Waals surface area (Å²) in [4.78, 5) is 23.4. The maximum Gasteiger partial charge on any atom is 0.325 e. The highest BCUT2D eigenvalue weighted by molar-refractivity contribution is 5.93. The molecule has 0 spiro atoms. The molecule has 5 nitrogen and oxygen atoms in total. The van der Waals surface area contributed by atoms with Gasteiger partial charge in [0.05, 0.1) is 0 Å². The molecule has 1 aromatic carbocycles. The fourth-order valence-corrected chi connectivity index (χ4v) is 1.13. The third-order valence-electron chi connectivity index (χ3n) is 2.23. The van der Waals surface area contributed by atoms with Crippen LogP contribution >= 0.6 is 0 Å². The zero-order valence-electron chi connectivity index (χ0n) is 9.48. The molecule has 0 fully saturated rings. The molecule has 92 valence electrons. The summed E-state index contributed by atoms with van der Waals surface area (Å²) >= 11 is 0. The maximum absolute atomic E-state index is 12.7. The van der Waals surface area contributed by atoms with Crippen molar-refractivity contribution in [3.8, 4) is 0 Å². The minimum absolute atomic E-state index is 0.401. The first-order chi connectivity index (χ1) is 7.91. The number of anilines is 1. The number of carboxylic acids is 1. The molecule has 0 saturated heterocycles. The van der Waals surface area contributed by atoms with Crippen molar-refractivity contribution in [2.75, 3.05) is 11.9 Å². The molecule has 0 bridgehead atoms. The van der Waals surface area contributed by atoms with Gasteiger partial charge in [-0.15, -0.1) is 0 Å². The van der Waals surface area contributed by atoms with Gasteiger partial charge in [-0.2, -0.15) is 0 Å². The van der Waals surface area contributed by atoms with Gasteiger partial charge in [-0.3, -0.25) is 9.69 Å². The smallest absolute Gasteiger partial charge is 0.325 e. The number of carbonyl (C=O) groups excluding carboxylic acids is 1. The van der Waals surface area contributed by atoms with Crippen LogP contribution in [-0.2, 0) is 4.79 Å². The van der Waals surface area contributed by atoms with Crippen molar-refractivity contribution in [3.05, 3.63) is 30.1 Å². The van der Waals surface area contributed by atoms with Crippen molar-refractivity contribution in [2.45, 2.75) is 13.0 Å². The lowest BCUT2D eigenvalue weighted by atomic mass is 10.3. The molecule has 0 aliphatic heterocycles. The number of carboxylic acid groups (broad SMARTS) is 1. The molecule has 0 radical (unpaired) electrons. The number of nitrogens with one attached hydrogen (secondary N) is 1. The van der Waals surface area contributed by atoms with Gasteiger partial charge >= 0.3 is 12.0 Å². The highest BCUT2D eigenvalue weighted by Gasteiger charge is 2.17. The van der Waals surface area contributed by atoms with E-state index in [1.807, 2.05) is 0 Å². The fourth-order valence-electron chi connectivity index (χ4n) is 1.13. The molecule has 1 aromatic rings. The number of benzene rings is 1. The third-order valence-corrected chi connectivity index (χ3v) is 2.23. The first-order valence-electron chi connectivity index (χ1n) is 4.94. The van der Waals surface area contributed by atoms with Crippen LogP contribution in [0.2, 0.25) is 0 Å². The van der Waals surface area contributed by atoms with Crippen molar-refractivity contribution in [1.82, 2.24) is 5.32 Å². The standard InChI is InChI=1S/C11H13FN2O3/c1-7(10(15)16)13-11(17)14(2)9-5-3-8(12)4-6-9/h3-7H,1-2H3,(H,13,17)(H,15,16)/t7-/m1/s1. The van der Waals surface area contributed by atoms with E-state index in [0.717, 1.165) is 0 Å². The number of carbonyl (C=O) groups is 2. The van der Waals surface area contributed by atoms with Gasteiger partial charge in [-0.25, -0.2) is 9.18 Å². The molecule has 0 aliphatic carbocycles. The Morgan fingerprint density at radius 1 is 1.35 bits per heavy atom. The van der Waals surface area contributed by atoms with E-state index in [0.29, 0.717) is 5.69 Å². The summed E-state index contributed by atoms with van der Waals surface area (Å²) in [5.41, 5.74) is 0.474. The number of urea groups is 1. The lowest BCUT2D eigenvalue weighted by Gasteiger charge is -2.19. The zero-order valence-corrected chi connectivity index (χ0v) is 9.48. The second-order valence-electron chi connectivity index (χ2n) is 3.54. The van der Waals surface area contributed by atoms with E-state index in [1.54, 1.807) is 0 Å². The SMILES string of the molecule is C[C@@H](NC(=O)N(C)c1ccc(F)cc1)C(=O)O. The number of halogens is 1. The quantitative estimate of drug-likeness (QED) is 0.840. The van der Waals surface area contributed by atoms with E-state index >= 15 is 0 Å². The highest BCUT2D eigenvalue weighted by Crippen LogP contribution is 2.13. The van der Waals surface area contributed by atoms with Crippen molar-refractivity contribution in [2.24, 2.45) is 0 Å². The number of hydrogen-bond acceptors (Lipinski definition) is 2. The number of hydrogen-bond donors (Lipinski definition) is 2. The summed E-state index contributed by atoms with van der Waals surface area (Å²) in [6.45, 7) is 1.36. The van der Waals surface area contributed by atoms with Gasteiger partial charge in [-0.1, -0.05) is 0 Å². The number of amides is 2. The van der Waals surface area contributed by atoms with Crippen LogP contribution in [0.3, 0.4) is 0 Å². The summed E-state index contributed by atoms with van der Waals surface area (Å²) in [6, 6.07) is 3.76. The summed E-state index contributed by atoms with van der Waals surface area (Å²) < 4.78 is 12.7. The highest BCUT2D eigenvalue weighted by atomic mass is 19.1. The Morgan fingerprint density at radius 2 is 1.88 bits per heavy atom. The molecular formula is C11H13FN2O3. The van der Waals surface area contributed by atoms with Crippen LogP contribution in [0.25, 0.3) is 0 Å². The Balaban J connectivity index is 2.70. The van der Waals surface area contributed by atoms with Crippen molar-refractivity contribution >= 4 is 17.7 Å². The zero-order chi connectivity index (χ0) is 13.0. The van der Waals surface area contributed by atoms with Crippen LogP contribution in [0.15, 0.2) is 24.3 Å². The van der Waals surface area contributed by atoms with Gasteiger partial charge in [0.1, 0.15) is 11.9 Å². The molecule has 0 saturated carbocycles. The molecule has 0 unspecified atom stereocenters. The molecule has 17 heavy (non-hydrogen) atoms. The average molecular weight is 240 g/mol. The molecule has 2 amide bonds. The van der Waals surface area contributed by atoms with Gasteiger partial charge in [0.15, 0.2) is 0 Å². The van der Waals surface area contributed by atoms with Crippen molar-refractivity contribution < 1.29 is 19.1 Å². The Morgan fingerprint density at radius 3 is 2.35 bits per heavy atom. The Kier molecular flexibility index (Phi) is 4.03. The Labute approximate surface area is 97.8 Å². The average Bonchev–Trinajstić information content (AvgIpc) is 2.28. The fraction of sp³-hybridized carbons (Fsp3) is 0.273. The number of rotatable bonds is 3. The summed E-state index contributed by atoms with van der Waals surface area (Å²) in [5, 5.41) is 10.9. The predicted octanol–water partition coefficient (Wildman–Crippen LogP) is 1.44. The lowest BCUT2D eigenvalue weighted by molar-refractivity contribution is -0.138. The second kappa shape index (κ2) is 5.29. The van der Waals surface area contributed by atoms with Gasteiger partial charge in [0.2, 0.25) is 0 Å². The number of nitrogens with zero attached hydrogens (tertiary/aromatic N) is 1. The van der Waals surface area contributed by atoms with Crippen molar-refractivity contribution in [3.63, 3.8) is 0 Å². The topological polar surface area (TPSA) is 69.6 Å². The second-order valence-corrected chi connectivity index (χ2v) is 3.54. The molecule has 6 heteroatoms. The largest absolute Gasteiger partial charge is 0.480 e. The molecule has 1 atom stereocenters. The molecule has 1 rings (SSSR count). The molecule has 2 N–H and O–H groups in total. The van der Waals surface area contributed by atoms with Crippen LogP contribution in [0.1, 0.15) is 6.92 Å². The van der Waals surface area contributed by atoms with Crippen LogP contribution in [0.5, 0.6) is 0 Å². The van der Waals surface area contributed by atoms with E-state index in [-0.39, 0.29) is 0 Å². The monoisotopic (exact) mass is 240 g/mol. The molecule has 0 heterocycles. The summed E-state index contributed by atoms with van der Waals surface area (Å²) in [6.07, 6.45) is 0. The Hall–Kier alpha value is -2.11. The van der Waals surface area contributed by atoms with Crippen LogP contribution in [0, 0.1) is 5.82 Å². The first-order valence-corrected chi connectivity index (χ1v) is 4.94. The minimum atomic E-state index is -1.12. The van der Waals surface area contributed by atoms with E-state index in [2.05, 4.69) is 5.32 Å². The van der Waals surface area contributed by atoms with Crippen LogP contribution < -0.4 is 10.2 Å². The van der Waals surface area contributed by atoms with Gasteiger partial charge in [0.25, 0.3) is 0 Å². The number of aliphatic carboxylic acids is 1. The summed E-state index contributed by atoms with van der Waals surface area (Å²) in [7, 11) is 1.47. The van der Waals surface area contributed by atoms with E-state index in [1.165, 1.54) is 43.1 Å². The Bertz CT molecular complexity index is 419. The maximum atomic E-state index is 12.7. The van der Waals surface area contributed by atoms with Crippen LogP contribution in [-0.4, -0.2) is 30.2 Å². The first kappa shape index (κ1) is 13.0. The predicted molar refractivity (Wildman–Crippen MR) is 60.4 cm³/mol. The van der Waals surface area contributed by atoms with E-state index < -0.39 is 23.9 Å². The summed E-state index contributed by atoms with van der Waals surface area (Å²) in [5.74, 6) is -1.52. The van der Waals surface area contributed by atoms with E-state index in [4.69, 9.17) is 5.11 Å². The van der Waals surface area contributed by atoms with Gasteiger partial charge in [-0.05, 0) is 31.2 Å². The van der Waals surface area contributed by atoms with E-state index in [9.17, 15) is 14.0 Å². The minimum Gasteiger partial charge on any atom is -0.480 e. The molecule has 0 aromatic heterocycles. The normalized spacial score (nSPS) is 11.7. The molecule has 0 aliphatic rings. The molecular weight excluding hydrogens is 227 g/mol. The van der Waals surface area contributed by atoms with Crippen molar-refractivity contribution in [1.29, 1.82) is 0 Å². The lowest BCUT2D eigenvalue weighted by Crippen LogP contribution is -2.45. The van der Waals surface area contributed by atoms with Gasteiger partial charge in [0, 0.05) is 12.7 Å². The van der Waals surface area contributed by atoms with Gasteiger partial charge < -0.3 is 10.4 Å². The van der Waals surface area contributed by atoms with Crippen LogP contribution in [0.4, 0.5) is 14.9 Å².